The van der Waals surface area contributed by atoms with Crippen molar-refractivity contribution in [2.24, 2.45) is 0 Å². The number of nitrogens with one attached hydrogen (secondary N) is 2. The molecule has 0 unspecified atom stereocenters. The van der Waals surface area contributed by atoms with Gasteiger partial charge in [-0.2, -0.15) is 0 Å². The zero-order valence-corrected chi connectivity index (χ0v) is 18.3. The molecule has 1 heterocycles. The highest BCUT2D eigenvalue weighted by atomic mass is 16.5. The third kappa shape index (κ3) is 5.63. The lowest BCUT2D eigenvalue weighted by Gasteiger charge is -2.25. The predicted octanol–water partition coefficient (Wildman–Crippen LogP) is 4.51. The molecule has 0 radical (unpaired) electrons. The second kappa shape index (κ2) is 9.65. The highest BCUT2D eigenvalue weighted by Gasteiger charge is 2.28. The highest BCUT2D eigenvalue weighted by Crippen LogP contribution is 2.25. The van der Waals surface area contributed by atoms with E-state index < -0.39 is 5.60 Å². The number of aromatic amines is 2. The Labute approximate surface area is 181 Å². The van der Waals surface area contributed by atoms with E-state index in [1.54, 1.807) is 26.0 Å². The van der Waals surface area contributed by atoms with E-state index in [-0.39, 0.29) is 17.2 Å². The molecular weight excluding hydrogens is 392 g/mol. The second-order valence-corrected chi connectivity index (χ2v) is 8.26. The van der Waals surface area contributed by atoms with Crippen LogP contribution in [0, 0.1) is 0 Å². The van der Waals surface area contributed by atoms with E-state index in [9.17, 15) is 9.59 Å². The molecule has 162 valence electrons. The smallest absolute Gasteiger partial charge is 0.267 e. The monoisotopic (exact) mass is 420 g/mol. The molecule has 3 rings (SSSR count). The van der Waals surface area contributed by atoms with Gasteiger partial charge < -0.3 is 14.6 Å². The number of aromatic nitrogens is 2. The van der Waals surface area contributed by atoms with Gasteiger partial charge in [0.05, 0.1) is 6.61 Å². The molecule has 0 atom stereocenters. The van der Waals surface area contributed by atoms with E-state index in [0.717, 1.165) is 22.4 Å². The second-order valence-electron chi connectivity index (χ2n) is 8.26. The first-order chi connectivity index (χ1) is 14.8. The van der Waals surface area contributed by atoms with Gasteiger partial charge >= 0.3 is 0 Å². The minimum Gasteiger partial charge on any atom is -0.447 e. The first-order valence-corrected chi connectivity index (χ1v) is 10.3. The van der Waals surface area contributed by atoms with E-state index in [4.69, 9.17) is 9.47 Å². The summed E-state index contributed by atoms with van der Waals surface area (Å²) in [5.41, 5.74) is 2.57. The topological polar surface area (TPSA) is 84.2 Å². The van der Waals surface area contributed by atoms with E-state index in [0.29, 0.717) is 18.8 Å². The maximum Gasteiger partial charge on any atom is 0.267 e. The summed E-state index contributed by atoms with van der Waals surface area (Å²) in [6.45, 7) is 7.97. The minimum atomic E-state index is -0.944. The fraction of sp³-hybridized carbons (Fsp3) is 0.320. The Hall–Kier alpha value is -3.34. The van der Waals surface area contributed by atoms with Crippen molar-refractivity contribution in [1.29, 1.82) is 0 Å². The average Bonchev–Trinajstić information content (AvgIpc) is 3.13. The number of carbonyl (C=O) groups excluding carboxylic acids is 1. The summed E-state index contributed by atoms with van der Waals surface area (Å²) in [6.07, 6.45) is 0.509. The number of hydrogen-bond acceptors (Lipinski definition) is 4. The first kappa shape index (κ1) is 22.3. The fourth-order valence-corrected chi connectivity index (χ4v) is 3.23. The zero-order valence-electron chi connectivity index (χ0n) is 18.3. The van der Waals surface area contributed by atoms with Crippen LogP contribution >= 0.6 is 0 Å². The van der Waals surface area contributed by atoms with Crippen molar-refractivity contribution in [3.05, 3.63) is 93.1 Å². The standard InChI is InChI=1S/C25H28N2O4/c1-17(2)23-21(24(29)27-26-23)14-18-10-12-20(13-11-18)31-22(15-28)25(3,4)30-16-19-8-6-5-7-9-19/h5-13,17H,14,16H2,1-4H3,(H2,26,27,29). The number of hydrogen-bond donors (Lipinski definition) is 2. The molecule has 1 aromatic heterocycles. The molecule has 31 heavy (non-hydrogen) atoms. The van der Waals surface area contributed by atoms with Crippen molar-refractivity contribution in [3.63, 3.8) is 0 Å². The summed E-state index contributed by atoms with van der Waals surface area (Å²) in [7, 11) is 0. The van der Waals surface area contributed by atoms with Gasteiger partial charge in [0.2, 0.25) is 5.76 Å². The summed E-state index contributed by atoms with van der Waals surface area (Å²) >= 11 is 0. The van der Waals surface area contributed by atoms with Gasteiger partial charge in [-0.1, -0.05) is 56.3 Å². The number of benzene rings is 2. The molecule has 2 N–H and O–H groups in total. The fourth-order valence-electron chi connectivity index (χ4n) is 3.23. The van der Waals surface area contributed by atoms with Gasteiger partial charge in [-0.25, -0.2) is 4.79 Å². The van der Waals surface area contributed by atoms with Crippen LogP contribution in [-0.2, 0) is 22.6 Å². The third-order valence-corrected chi connectivity index (χ3v) is 5.09. The summed E-state index contributed by atoms with van der Waals surface area (Å²) in [5.74, 6) is 2.67. The van der Waals surface area contributed by atoms with Crippen molar-refractivity contribution in [1.82, 2.24) is 10.2 Å². The SMILES string of the molecule is CC(C)c1[nH][nH]c(=O)c1Cc1ccc(OC(=C=O)C(C)(C)OCc2ccccc2)cc1. The minimum absolute atomic E-state index is 0.0698. The van der Waals surface area contributed by atoms with Crippen LogP contribution in [0.2, 0.25) is 0 Å². The molecule has 0 fully saturated rings. The molecule has 3 aromatic rings. The van der Waals surface area contributed by atoms with Gasteiger partial charge in [0.25, 0.3) is 5.56 Å². The lowest BCUT2D eigenvalue weighted by Crippen LogP contribution is -2.30. The van der Waals surface area contributed by atoms with Crippen LogP contribution in [0.1, 0.15) is 56.0 Å². The maximum atomic E-state index is 12.1. The van der Waals surface area contributed by atoms with Gasteiger partial charge in [-0.15, -0.1) is 0 Å². The predicted molar refractivity (Wildman–Crippen MR) is 120 cm³/mol. The van der Waals surface area contributed by atoms with E-state index >= 15 is 0 Å². The van der Waals surface area contributed by atoms with E-state index in [2.05, 4.69) is 10.2 Å². The molecule has 0 amide bonds. The molecule has 6 nitrogen and oxygen atoms in total. The third-order valence-electron chi connectivity index (χ3n) is 5.09. The Balaban J connectivity index is 1.67. The van der Waals surface area contributed by atoms with Gasteiger partial charge in [-0.3, -0.25) is 9.89 Å². The normalized spacial score (nSPS) is 11.4. The van der Waals surface area contributed by atoms with Gasteiger partial charge in [0, 0.05) is 17.7 Å². The molecule has 0 saturated heterocycles. The van der Waals surface area contributed by atoms with Crippen molar-refractivity contribution in [2.75, 3.05) is 0 Å². The number of H-pyrrole nitrogens is 2. The molecule has 0 bridgehead atoms. The summed E-state index contributed by atoms with van der Waals surface area (Å²) in [5, 5.41) is 5.62. The Morgan fingerprint density at radius 1 is 1.00 bits per heavy atom. The van der Waals surface area contributed by atoms with Crippen LogP contribution in [-0.4, -0.2) is 21.7 Å². The lowest BCUT2D eigenvalue weighted by atomic mass is 10.00. The lowest BCUT2D eigenvalue weighted by molar-refractivity contribution is -0.0226. The van der Waals surface area contributed by atoms with Gasteiger partial charge in [0.1, 0.15) is 11.4 Å². The summed E-state index contributed by atoms with van der Waals surface area (Å²) < 4.78 is 11.7. The molecule has 2 aromatic carbocycles. The van der Waals surface area contributed by atoms with Crippen LogP contribution in [0.25, 0.3) is 0 Å². The Morgan fingerprint density at radius 3 is 2.29 bits per heavy atom. The van der Waals surface area contributed by atoms with Crippen LogP contribution < -0.4 is 10.3 Å². The quantitative estimate of drug-likeness (QED) is 0.394. The summed E-state index contributed by atoms with van der Waals surface area (Å²) in [4.78, 5) is 23.7. The van der Waals surface area contributed by atoms with Crippen LogP contribution in [0.15, 0.2) is 65.2 Å². The van der Waals surface area contributed by atoms with Crippen LogP contribution in [0.3, 0.4) is 0 Å². The molecule has 0 aliphatic heterocycles. The van der Waals surface area contributed by atoms with Crippen LogP contribution in [0.4, 0.5) is 0 Å². The molecule has 6 heteroatoms. The Bertz CT molecular complexity index is 1100. The average molecular weight is 421 g/mol. The first-order valence-electron chi connectivity index (χ1n) is 10.3. The number of ether oxygens (including phenoxy) is 2. The molecule has 0 spiro atoms. The molecular formula is C25H28N2O4. The van der Waals surface area contributed by atoms with E-state index in [1.165, 1.54) is 0 Å². The summed E-state index contributed by atoms with van der Waals surface area (Å²) in [6, 6.07) is 17.0. The van der Waals surface area contributed by atoms with E-state index in [1.807, 2.05) is 62.3 Å². The molecule has 0 saturated carbocycles. The molecule has 0 aliphatic carbocycles. The van der Waals surface area contributed by atoms with Crippen molar-refractivity contribution >= 4 is 5.94 Å². The van der Waals surface area contributed by atoms with Gasteiger partial charge in [-0.05, 0) is 43.0 Å². The highest BCUT2D eigenvalue weighted by molar-refractivity contribution is 5.54. The largest absolute Gasteiger partial charge is 0.447 e. The van der Waals surface area contributed by atoms with Gasteiger partial charge in [0.15, 0.2) is 5.94 Å². The molecule has 0 aliphatic rings. The Morgan fingerprint density at radius 2 is 1.68 bits per heavy atom. The Kier molecular flexibility index (Phi) is 6.95. The van der Waals surface area contributed by atoms with Crippen LogP contribution in [0.5, 0.6) is 5.75 Å². The maximum absolute atomic E-state index is 12.1. The zero-order chi connectivity index (χ0) is 22.4. The van der Waals surface area contributed by atoms with Crippen molar-refractivity contribution < 1.29 is 14.3 Å². The van der Waals surface area contributed by atoms with Crippen molar-refractivity contribution in [3.8, 4) is 5.75 Å². The number of rotatable bonds is 9. The van der Waals surface area contributed by atoms with Crippen molar-refractivity contribution in [2.45, 2.75) is 52.2 Å².